The van der Waals surface area contributed by atoms with Gasteiger partial charge in [0.25, 0.3) is 0 Å². The van der Waals surface area contributed by atoms with Crippen LogP contribution in [-0.4, -0.2) is 9.81 Å². The lowest BCUT2D eigenvalue weighted by atomic mass is 10.9. The van der Waals surface area contributed by atoms with Gasteiger partial charge < -0.3 is 0 Å². The van der Waals surface area contributed by atoms with Crippen LogP contribution in [0.15, 0.2) is 0 Å². The molecule has 3 heteroatoms. The summed E-state index contributed by atoms with van der Waals surface area (Å²) in [7, 11) is 0. The summed E-state index contributed by atoms with van der Waals surface area (Å²) in [5.41, 5.74) is 0. The molecule has 0 bridgehead atoms. The third-order valence-electron chi connectivity index (χ3n) is 0.214. The second-order valence-electron chi connectivity index (χ2n) is 0.706. The largest absolute Gasteiger partial charge is 0.287 e. The average molecular weight is 120 g/mol. The third kappa shape index (κ3) is 4.11. The van der Waals surface area contributed by atoms with Crippen molar-refractivity contribution < 1.29 is 4.79 Å². The number of carbonyl (C=O) groups excluding carboxylic acids is 1. The van der Waals surface area contributed by atoms with Crippen molar-refractivity contribution in [3.05, 3.63) is 0 Å². The Hall–Kier alpha value is 0.110. The van der Waals surface area contributed by atoms with Gasteiger partial charge in [0.15, 0.2) is 5.12 Å². The summed E-state index contributed by atoms with van der Waals surface area (Å²) in [6, 6.07) is 0. The summed E-state index contributed by atoms with van der Waals surface area (Å²) in [5.74, 6) is 0. The zero-order chi connectivity index (χ0) is 4.99. The highest BCUT2D eigenvalue weighted by Crippen LogP contribution is 1.92. The smallest absolute Gasteiger partial charge is 0.190 e. The Morgan fingerprint density at radius 2 is 2.50 bits per heavy atom. The van der Waals surface area contributed by atoms with Gasteiger partial charge in [-0.3, -0.25) is 4.79 Å². The monoisotopic (exact) mass is 120 g/mol. The van der Waals surface area contributed by atoms with Crippen molar-refractivity contribution in [2.75, 3.05) is 0 Å². The molecule has 0 spiro atoms. The Bertz CT molecular complexity index is 69.2. The van der Waals surface area contributed by atoms with Gasteiger partial charge in [0, 0.05) is 11.6 Å². The van der Waals surface area contributed by atoms with E-state index in [0.717, 1.165) is 11.8 Å². The first-order chi connectivity index (χ1) is 2.77. The molecule has 0 saturated carbocycles. The van der Waals surface area contributed by atoms with Crippen LogP contribution in [0.5, 0.6) is 0 Å². The molecule has 0 atom stereocenters. The number of thioether (sulfide) groups is 1. The summed E-state index contributed by atoms with van der Waals surface area (Å²) in [5, 5.41) is 0.0463. The Morgan fingerprint density at radius 1 is 2.00 bits per heavy atom. The molecule has 1 nitrogen and oxygen atoms in total. The molecule has 0 N–H and O–H groups in total. The van der Waals surface area contributed by atoms with Crippen molar-refractivity contribution in [3.63, 3.8) is 0 Å². The van der Waals surface area contributed by atoms with Crippen LogP contribution in [0.4, 0.5) is 0 Å². The molecule has 0 radical (unpaired) electrons. The highest BCUT2D eigenvalue weighted by molar-refractivity contribution is 8.30. The van der Waals surface area contributed by atoms with Crippen molar-refractivity contribution in [2.24, 2.45) is 0 Å². The van der Waals surface area contributed by atoms with E-state index in [2.05, 4.69) is 12.2 Å². The maximum atomic E-state index is 9.91. The molecule has 0 aliphatic heterocycles. The molecule has 0 aromatic rings. The Balaban J connectivity index is 3.05. The van der Waals surface area contributed by atoms with Crippen LogP contribution >= 0.6 is 24.0 Å². The van der Waals surface area contributed by atoms with Crippen LogP contribution in [-0.2, 0) is 4.79 Å². The molecule has 0 unspecified atom stereocenters. The molecular formula is C3H4OS2. The van der Waals surface area contributed by atoms with Crippen molar-refractivity contribution in [1.82, 2.24) is 0 Å². The fourth-order valence-corrected chi connectivity index (χ4v) is 0.610. The van der Waals surface area contributed by atoms with Gasteiger partial charge in [-0.25, -0.2) is 0 Å². The van der Waals surface area contributed by atoms with Gasteiger partial charge in [-0.2, -0.15) is 0 Å². The van der Waals surface area contributed by atoms with Crippen LogP contribution in [0.3, 0.4) is 0 Å². The standard InChI is InChI=1S/C3H4OS2/c1-3(4)6-2-5/h2H,1H3. The maximum Gasteiger partial charge on any atom is 0.190 e. The lowest BCUT2D eigenvalue weighted by molar-refractivity contribution is -0.109. The third-order valence-corrected chi connectivity index (χ3v) is 0.931. The second-order valence-corrected chi connectivity index (χ2v) is 2.29. The first-order valence-electron chi connectivity index (χ1n) is 1.38. The minimum Gasteiger partial charge on any atom is -0.287 e. The number of hydrogen-bond acceptors (Lipinski definition) is 3. The molecule has 0 aromatic carbocycles. The van der Waals surface area contributed by atoms with E-state index in [-0.39, 0.29) is 5.12 Å². The van der Waals surface area contributed by atoms with E-state index < -0.39 is 0 Å². The number of carbonyl (C=O) groups is 1. The normalized spacial score (nSPS) is 7.50. The molecule has 6 heavy (non-hydrogen) atoms. The van der Waals surface area contributed by atoms with Crippen LogP contribution in [0.1, 0.15) is 6.92 Å². The molecular weight excluding hydrogens is 116 g/mol. The number of hydrogen-bond donors (Lipinski definition) is 0. The summed E-state index contributed by atoms with van der Waals surface area (Å²) in [6.07, 6.45) is 0. The zero-order valence-corrected chi connectivity index (χ0v) is 4.94. The molecule has 0 aliphatic carbocycles. The molecule has 34 valence electrons. The quantitative estimate of drug-likeness (QED) is 0.484. The number of rotatable bonds is 1. The predicted octanol–water partition coefficient (Wildman–Crippen LogP) is 1.22. The molecule has 0 rings (SSSR count). The summed E-state index contributed by atoms with van der Waals surface area (Å²) < 4.78 is 1.35. The minimum absolute atomic E-state index is 0.0463. The molecule has 0 heterocycles. The van der Waals surface area contributed by atoms with E-state index in [4.69, 9.17) is 0 Å². The van der Waals surface area contributed by atoms with Crippen LogP contribution in [0, 0.1) is 0 Å². The fourth-order valence-electron chi connectivity index (χ4n) is 0.0678. The minimum atomic E-state index is 0.0463. The Kier molecular flexibility index (Phi) is 3.37. The van der Waals surface area contributed by atoms with Gasteiger partial charge in [-0.15, -0.1) is 0 Å². The van der Waals surface area contributed by atoms with Gasteiger partial charge in [0.05, 0.1) is 0 Å². The van der Waals surface area contributed by atoms with Crippen LogP contribution in [0.25, 0.3) is 0 Å². The van der Waals surface area contributed by atoms with E-state index in [9.17, 15) is 4.79 Å². The fraction of sp³-hybridized carbons (Fsp3) is 0.333. The van der Waals surface area contributed by atoms with Gasteiger partial charge in [-0.1, -0.05) is 12.2 Å². The molecule has 0 aromatic heterocycles. The van der Waals surface area contributed by atoms with E-state index in [1.165, 1.54) is 11.6 Å². The maximum absolute atomic E-state index is 9.91. The molecule has 0 fully saturated rings. The predicted molar refractivity (Wildman–Crippen MR) is 31.9 cm³/mol. The van der Waals surface area contributed by atoms with E-state index in [1.54, 1.807) is 0 Å². The Morgan fingerprint density at radius 3 is 2.50 bits per heavy atom. The van der Waals surface area contributed by atoms with E-state index >= 15 is 0 Å². The number of thiocarbonyl (C=S) groups is 1. The summed E-state index contributed by atoms with van der Waals surface area (Å²) >= 11 is 5.38. The average Bonchev–Trinajstić information content (AvgIpc) is 1.35. The van der Waals surface area contributed by atoms with Crippen LogP contribution in [0.2, 0.25) is 0 Å². The van der Waals surface area contributed by atoms with Gasteiger partial charge in [0.1, 0.15) is 0 Å². The van der Waals surface area contributed by atoms with Crippen molar-refractivity contribution in [2.45, 2.75) is 6.92 Å². The molecule has 0 aliphatic rings. The zero-order valence-electron chi connectivity index (χ0n) is 3.30. The summed E-state index contributed by atoms with van der Waals surface area (Å²) in [4.78, 5) is 9.91. The first-order valence-corrected chi connectivity index (χ1v) is 2.73. The van der Waals surface area contributed by atoms with Crippen LogP contribution < -0.4 is 0 Å². The van der Waals surface area contributed by atoms with E-state index in [1.807, 2.05) is 0 Å². The van der Waals surface area contributed by atoms with Crippen molar-refractivity contribution in [1.29, 1.82) is 0 Å². The summed E-state index contributed by atoms with van der Waals surface area (Å²) in [6.45, 7) is 1.48. The molecule has 0 amide bonds. The highest BCUT2D eigenvalue weighted by atomic mass is 32.2. The first kappa shape index (κ1) is 6.11. The highest BCUT2D eigenvalue weighted by Gasteiger charge is 1.82. The molecule has 0 saturated heterocycles. The van der Waals surface area contributed by atoms with Gasteiger partial charge >= 0.3 is 0 Å². The second kappa shape index (κ2) is 3.31. The van der Waals surface area contributed by atoms with Crippen molar-refractivity contribution in [3.8, 4) is 0 Å². The van der Waals surface area contributed by atoms with Gasteiger partial charge in [-0.05, 0) is 11.8 Å². The SMILES string of the molecule is CC(=O)SC=S. The van der Waals surface area contributed by atoms with Gasteiger partial charge in [0.2, 0.25) is 0 Å². The lowest BCUT2D eigenvalue weighted by Gasteiger charge is -1.73. The Labute approximate surface area is 46.1 Å². The topological polar surface area (TPSA) is 17.1 Å². The lowest BCUT2D eigenvalue weighted by Crippen LogP contribution is -1.75. The van der Waals surface area contributed by atoms with E-state index in [0.29, 0.717) is 0 Å². The van der Waals surface area contributed by atoms with Crippen molar-refractivity contribution >= 4 is 33.8 Å².